The summed E-state index contributed by atoms with van der Waals surface area (Å²) < 4.78 is 4.40. The standard InChI is InChI=1S/C16H18Cl2N8O2/c1-4-12(16(28)20-14-10(18)8-25(3)23-14)26-6-5-11(21-26)15(27)19-13-9(17)7-24(2)22-13/h5-8,12H,4H2,1-3H3,(H,19,22,27)(H,20,23,28). The van der Waals surface area contributed by atoms with Crippen LogP contribution >= 0.6 is 23.2 Å². The maximum Gasteiger partial charge on any atom is 0.277 e. The molecule has 3 aromatic heterocycles. The molecular weight excluding hydrogens is 407 g/mol. The quantitative estimate of drug-likeness (QED) is 0.631. The highest BCUT2D eigenvalue weighted by Crippen LogP contribution is 2.22. The Kier molecular flexibility index (Phi) is 5.71. The van der Waals surface area contributed by atoms with Crippen LogP contribution in [0.1, 0.15) is 29.9 Å². The zero-order chi connectivity index (χ0) is 20.4. The molecule has 0 saturated carbocycles. The van der Waals surface area contributed by atoms with Gasteiger partial charge in [0.1, 0.15) is 16.1 Å². The molecule has 0 aliphatic carbocycles. The fourth-order valence-electron chi connectivity index (χ4n) is 2.59. The predicted molar refractivity (Wildman–Crippen MR) is 105 cm³/mol. The second-order valence-corrected chi connectivity index (χ2v) is 6.86. The molecular formula is C16H18Cl2N8O2. The summed E-state index contributed by atoms with van der Waals surface area (Å²) in [5, 5.41) is 18.3. The van der Waals surface area contributed by atoms with E-state index in [1.807, 2.05) is 6.92 Å². The molecule has 0 aliphatic rings. The van der Waals surface area contributed by atoms with Gasteiger partial charge in [0.25, 0.3) is 5.91 Å². The molecule has 2 amide bonds. The van der Waals surface area contributed by atoms with Crippen molar-refractivity contribution < 1.29 is 9.59 Å². The first kappa shape index (κ1) is 19.9. The average Bonchev–Trinajstić information content (AvgIpc) is 3.29. The first-order valence-corrected chi connectivity index (χ1v) is 9.09. The summed E-state index contributed by atoms with van der Waals surface area (Å²) >= 11 is 12.0. The van der Waals surface area contributed by atoms with Crippen molar-refractivity contribution in [3.05, 3.63) is 40.4 Å². The van der Waals surface area contributed by atoms with Gasteiger partial charge in [-0.05, 0) is 12.5 Å². The molecule has 3 rings (SSSR count). The van der Waals surface area contributed by atoms with Crippen molar-refractivity contribution in [2.75, 3.05) is 10.6 Å². The number of aromatic nitrogens is 6. The molecule has 0 saturated heterocycles. The number of halogens is 2. The van der Waals surface area contributed by atoms with E-state index in [1.165, 1.54) is 20.1 Å². The summed E-state index contributed by atoms with van der Waals surface area (Å²) in [6, 6.07) is 0.869. The molecule has 1 unspecified atom stereocenters. The van der Waals surface area contributed by atoms with Gasteiger partial charge in [-0.25, -0.2) is 0 Å². The summed E-state index contributed by atoms with van der Waals surface area (Å²) in [6.07, 6.45) is 5.15. The molecule has 2 N–H and O–H groups in total. The molecule has 0 radical (unpaired) electrons. The molecule has 12 heteroatoms. The number of amides is 2. The Labute approximate surface area is 170 Å². The van der Waals surface area contributed by atoms with Gasteiger partial charge in [-0.2, -0.15) is 15.3 Å². The summed E-state index contributed by atoms with van der Waals surface area (Å²) in [4.78, 5) is 25.0. The summed E-state index contributed by atoms with van der Waals surface area (Å²) in [6.45, 7) is 1.83. The lowest BCUT2D eigenvalue weighted by Gasteiger charge is -2.14. The molecule has 0 aromatic carbocycles. The summed E-state index contributed by atoms with van der Waals surface area (Å²) in [5.41, 5.74) is 0.129. The van der Waals surface area contributed by atoms with Crippen LogP contribution in [-0.2, 0) is 18.9 Å². The van der Waals surface area contributed by atoms with Crippen molar-refractivity contribution in [2.24, 2.45) is 14.1 Å². The van der Waals surface area contributed by atoms with Crippen LogP contribution in [0.5, 0.6) is 0 Å². The number of nitrogens with zero attached hydrogens (tertiary/aromatic N) is 6. The van der Waals surface area contributed by atoms with Crippen LogP contribution in [0.2, 0.25) is 10.0 Å². The minimum atomic E-state index is -0.641. The van der Waals surface area contributed by atoms with E-state index in [2.05, 4.69) is 25.9 Å². The van der Waals surface area contributed by atoms with Crippen LogP contribution in [-0.4, -0.2) is 41.2 Å². The van der Waals surface area contributed by atoms with Gasteiger partial charge in [0.15, 0.2) is 17.3 Å². The smallest absolute Gasteiger partial charge is 0.277 e. The van der Waals surface area contributed by atoms with E-state index in [1.54, 1.807) is 32.7 Å². The van der Waals surface area contributed by atoms with Gasteiger partial charge in [-0.3, -0.25) is 23.6 Å². The van der Waals surface area contributed by atoms with Crippen LogP contribution in [0.4, 0.5) is 11.6 Å². The Morgan fingerprint density at radius 2 is 1.61 bits per heavy atom. The van der Waals surface area contributed by atoms with Crippen LogP contribution in [0.3, 0.4) is 0 Å². The van der Waals surface area contributed by atoms with Crippen LogP contribution < -0.4 is 10.6 Å². The SMILES string of the molecule is CCC(C(=O)Nc1nn(C)cc1Cl)n1ccc(C(=O)Nc2nn(C)cc2Cl)n1. The maximum absolute atomic E-state index is 12.6. The van der Waals surface area contributed by atoms with E-state index in [0.29, 0.717) is 16.5 Å². The van der Waals surface area contributed by atoms with Gasteiger partial charge < -0.3 is 10.6 Å². The summed E-state index contributed by atoms with van der Waals surface area (Å²) in [5.74, 6) is -0.325. The van der Waals surface area contributed by atoms with E-state index in [9.17, 15) is 9.59 Å². The lowest BCUT2D eigenvalue weighted by atomic mass is 10.2. The Bertz CT molecular complexity index is 1020. The number of nitrogens with one attached hydrogen (secondary N) is 2. The number of anilines is 2. The molecule has 148 valence electrons. The third-order valence-corrected chi connectivity index (χ3v) is 4.44. The first-order valence-electron chi connectivity index (χ1n) is 8.34. The highest BCUT2D eigenvalue weighted by molar-refractivity contribution is 6.33. The minimum absolute atomic E-state index is 0.129. The van der Waals surface area contributed by atoms with Crippen LogP contribution in [0.25, 0.3) is 0 Å². The number of aryl methyl sites for hydroxylation is 2. The van der Waals surface area contributed by atoms with E-state index in [4.69, 9.17) is 23.2 Å². The predicted octanol–water partition coefficient (Wildman–Crippen LogP) is 2.50. The molecule has 10 nitrogen and oxygen atoms in total. The van der Waals surface area contributed by atoms with E-state index in [-0.39, 0.29) is 23.2 Å². The maximum atomic E-state index is 12.6. The molecule has 0 aliphatic heterocycles. The zero-order valence-corrected chi connectivity index (χ0v) is 16.9. The van der Waals surface area contributed by atoms with Crippen molar-refractivity contribution in [3.8, 4) is 0 Å². The van der Waals surface area contributed by atoms with Gasteiger partial charge in [-0.1, -0.05) is 30.1 Å². The minimum Gasteiger partial charge on any atom is -0.306 e. The van der Waals surface area contributed by atoms with Gasteiger partial charge in [0, 0.05) is 32.7 Å². The van der Waals surface area contributed by atoms with Crippen molar-refractivity contribution in [1.29, 1.82) is 0 Å². The number of hydrogen-bond acceptors (Lipinski definition) is 5. The topological polar surface area (TPSA) is 112 Å². The number of carbonyl (C=O) groups is 2. The fraction of sp³-hybridized carbons (Fsp3) is 0.312. The van der Waals surface area contributed by atoms with Crippen molar-refractivity contribution in [3.63, 3.8) is 0 Å². The molecule has 3 heterocycles. The first-order chi connectivity index (χ1) is 13.3. The lowest BCUT2D eigenvalue weighted by Crippen LogP contribution is -2.27. The number of hydrogen-bond donors (Lipinski definition) is 2. The number of rotatable bonds is 6. The Morgan fingerprint density at radius 1 is 1.04 bits per heavy atom. The second-order valence-electron chi connectivity index (χ2n) is 6.05. The Morgan fingerprint density at radius 3 is 2.11 bits per heavy atom. The van der Waals surface area contributed by atoms with Crippen molar-refractivity contribution in [2.45, 2.75) is 19.4 Å². The average molecular weight is 425 g/mol. The van der Waals surface area contributed by atoms with Gasteiger partial charge >= 0.3 is 0 Å². The van der Waals surface area contributed by atoms with Crippen LogP contribution in [0, 0.1) is 0 Å². The third kappa shape index (κ3) is 4.18. The van der Waals surface area contributed by atoms with Crippen molar-refractivity contribution in [1.82, 2.24) is 29.3 Å². The molecule has 0 bridgehead atoms. The normalized spacial score (nSPS) is 12.0. The molecule has 3 aromatic rings. The van der Waals surface area contributed by atoms with E-state index >= 15 is 0 Å². The second kappa shape index (κ2) is 8.03. The van der Waals surface area contributed by atoms with E-state index in [0.717, 1.165) is 0 Å². The van der Waals surface area contributed by atoms with Crippen LogP contribution in [0.15, 0.2) is 24.7 Å². The zero-order valence-electron chi connectivity index (χ0n) is 15.3. The van der Waals surface area contributed by atoms with Crippen molar-refractivity contribution >= 4 is 46.7 Å². The largest absolute Gasteiger partial charge is 0.306 e. The molecule has 28 heavy (non-hydrogen) atoms. The number of carbonyl (C=O) groups excluding carboxylic acids is 2. The Hall–Kier alpha value is -2.85. The fourth-order valence-corrected chi connectivity index (χ4v) is 3.04. The monoisotopic (exact) mass is 424 g/mol. The summed E-state index contributed by atoms with van der Waals surface area (Å²) in [7, 11) is 3.39. The highest BCUT2D eigenvalue weighted by atomic mass is 35.5. The molecule has 0 fully saturated rings. The lowest BCUT2D eigenvalue weighted by molar-refractivity contribution is -0.119. The van der Waals surface area contributed by atoms with Gasteiger partial charge in [-0.15, -0.1) is 0 Å². The van der Waals surface area contributed by atoms with Gasteiger partial charge in [0.05, 0.1) is 0 Å². The Balaban J connectivity index is 1.73. The third-order valence-electron chi connectivity index (χ3n) is 3.89. The molecule has 0 spiro atoms. The molecule has 1 atom stereocenters. The van der Waals surface area contributed by atoms with E-state index < -0.39 is 11.9 Å². The highest BCUT2D eigenvalue weighted by Gasteiger charge is 2.23. The van der Waals surface area contributed by atoms with Gasteiger partial charge in [0.2, 0.25) is 5.91 Å².